The molecule has 0 saturated carbocycles. The zero-order chi connectivity index (χ0) is 27.2. The van der Waals surface area contributed by atoms with E-state index in [4.69, 9.17) is 15.1 Å². The minimum atomic E-state index is -0.243. The number of anilines is 2. The summed E-state index contributed by atoms with van der Waals surface area (Å²) in [7, 11) is 0. The molecule has 1 aromatic carbocycles. The molecule has 1 fully saturated rings. The Morgan fingerprint density at radius 3 is 2.62 bits per heavy atom. The SMILES string of the molecule is Cc1cn(CCN2CCN(c3cc(-c4ncco4)ccc3F)CC2)c2nc(N)n3nc(-c4ccccn4)nc3c12. The molecule has 0 spiro atoms. The Morgan fingerprint density at radius 1 is 0.975 bits per heavy atom. The lowest BCUT2D eigenvalue weighted by Gasteiger charge is -2.36. The quantitative estimate of drug-likeness (QED) is 0.339. The number of nitrogen functional groups attached to an aromatic ring is 1. The van der Waals surface area contributed by atoms with Gasteiger partial charge in [0.1, 0.15) is 23.4 Å². The predicted molar refractivity (Wildman–Crippen MR) is 149 cm³/mol. The summed E-state index contributed by atoms with van der Waals surface area (Å²) in [6.45, 7) is 6.69. The average molecular weight is 539 g/mol. The molecule has 6 heterocycles. The molecule has 7 rings (SSSR count). The van der Waals surface area contributed by atoms with Gasteiger partial charge in [-0.3, -0.25) is 9.88 Å². The van der Waals surface area contributed by atoms with Crippen LogP contribution in [0.3, 0.4) is 0 Å². The Bertz CT molecular complexity index is 1800. The Labute approximate surface area is 228 Å². The van der Waals surface area contributed by atoms with E-state index in [0.29, 0.717) is 28.7 Å². The van der Waals surface area contributed by atoms with Crippen molar-refractivity contribution < 1.29 is 8.81 Å². The summed E-state index contributed by atoms with van der Waals surface area (Å²) in [6.07, 6.45) is 6.91. The van der Waals surface area contributed by atoms with Gasteiger partial charge in [0.2, 0.25) is 17.7 Å². The van der Waals surface area contributed by atoms with Gasteiger partial charge in [-0.2, -0.15) is 9.50 Å². The minimum Gasteiger partial charge on any atom is -0.445 e. The van der Waals surface area contributed by atoms with E-state index in [1.165, 1.54) is 12.3 Å². The lowest BCUT2D eigenvalue weighted by atomic mass is 10.1. The van der Waals surface area contributed by atoms with Crippen molar-refractivity contribution >= 4 is 28.3 Å². The highest BCUT2D eigenvalue weighted by Gasteiger charge is 2.22. The maximum atomic E-state index is 14.7. The van der Waals surface area contributed by atoms with E-state index in [9.17, 15) is 4.39 Å². The molecule has 0 amide bonds. The molecule has 12 heteroatoms. The zero-order valence-electron chi connectivity index (χ0n) is 21.9. The van der Waals surface area contributed by atoms with Crippen molar-refractivity contribution in [1.29, 1.82) is 0 Å². The van der Waals surface area contributed by atoms with Crippen molar-refractivity contribution in [2.45, 2.75) is 13.5 Å². The molecule has 5 aromatic heterocycles. The summed E-state index contributed by atoms with van der Waals surface area (Å²) < 4.78 is 23.8. The van der Waals surface area contributed by atoms with Gasteiger partial charge in [0, 0.05) is 57.2 Å². The second-order valence-electron chi connectivity index (χ2n) is 9.89. The van der Waals surface area contributed by atoms with Crippen LogP contribution < -0.4 is 10.6 Å². The first-order valence-electron chi connectivity index (χ1n) is 13.1. The van der Waals surface area contributed by atoms with Crippen LogP contribution in [0.5, 0.6) is 0 Å². The number of halogens is 1. The van der Waals surface area contributed by atoms with Gasteiger partial charge >= 0.3 is 0 Å². The van der Waals surface area contributed by atoms with Crippen LogP contribution in [-0.4, -0.2) is 71.7 Å². The van der Waals surface area contributed by atoms with Gasteiger partial charge < -0.3 is 19.6 Å². The number of rotatable bonds is 6. The number of benzene rings is 1. The van der Waals surface area contributed by atoms with Gasteiger partial charge in [-0.05, 0) is 42.8 Å². The highest BCUT2D eigenvalue weighted by Crippen LogP contribution is 2.29. The summed E-state index contributed by atoms with van der Waals surface area (Å²) in [5.41, 5.74) is 10.8. The summed E-state index contributed by atoms with van der Waals surface area (Å²) in [6, 6.07) is 10.6. The first-order valence-corrected chi connectivity index (χ1v) is 13.1. The van der Waals surface area contributed by atoms with Crippen LogP contribution in [0.2, 0.25) is 0 Å². The highest BCUT2D eigenvalue weighted by atomic mass is 19.1. The Balaban J connectivity index is 1.07. The number of fused-ring (bicyclic) bond motifs is 3. The highest BCUT2D eigenvalue weighted by molar-refractivity contribution is 5.94. The maximum Gasteiger partial charge on any atom is 0.225 e. The number of oxazole rings is 1. The van der Waals surface area contributed by atoms with Crippen molar-refractivity contribution in [3.63, 3.8) is 0 Å². The zero-order valence-corrected chi connectivity index (χ0v) is 21.9. The van der Waals surface area contributed by atoms with Crippen LogP contribution in [0.25, 0.3) is 39.7 Å². The van der Waals surface area contributed by atoms with Crippen molar-refractivity contribution in [2.24, 2.45) is 0 Å². The van der Waals surface area contributed by atoms with Crippen LogP contribution in [0.15, 0.2) is 65.7 Å². The second-order valence-corrected chi connectivity index (χ2v) is 9.89. The summed E-state index contributed by atoms with van der Waals surface area (Å²) in [5.74, 6) is 1.03. The fourth-order valence-electron chi connectivity index (χ4n) is 5.35. The van der Waals surface area contributed by atoms with Gasteiger partial charge in [0.05, 0.1) is 17.3 Å². The normalized spacial score (nSPS) is 14.5. The van der Waals surface area contributed by atoms with E-state index < -0.39 is 0 Å². The number of nitrogens with zero attached hydrogens (tertiary/aromatic N) is 9. The van der Waals surface area contributed by atoms with Crippen LogP contribution in [0, 0.1) is 12.7 Å². The summed E-state index contributed by atoms with van der Waals surface area (Å²) >= 11 is 0. The third-order valence-corrected chi connectivity index (χ3v) is 7.40. The molecular weight excluding hydrogens is 511 g/mol. The number of piperazine rings is 1. The minimum absolute atomic E-state index is 0.243. The molecule has 1 aliphatic rings. The molecule has 202 valence electrons. The molecule has 40 heavy (non-hydrogen) atoms. The van der Waals surface area contributed by atoms with Crippen LogP contribution >= 0.6 is 0 Å². The topological polar surface area (TPSA) is 119 Å². The predicted octanol–water partition coefficient (Wildman–Crippen LogP) is 3.65. The van der Waals surface area contributed by atoms with Gasteiger partial charge in [0.15, 0.2) is 5.65 Å². The summed E-state index contributed by atoms with van der Waals surface area (Å²) in [4.78, 5) is 22.5. The largest absolute Gasteiger partial charge is 0.445 e. The molecule has 2 N–H and O–H groups in total. The summed E-state index contributed by atoms with van der Waals surface area (Å²) in [5, 5.41) is 5.48. The molecule has 0 atom stereocenters. The van der Waals surface area contributed by atoms with Crippen LogP contribution in [-0.2, 0) is 6.54 Å². The molecule has 0 unspecified atom stereocenters. The molecule has 11 nitrogen and oxygen atoms in total. The van der Waals surface area contributed by atoms with E-state index in [1.54, 1.807) is 23.0 Å². The molecule has 0 aliphatic carbocycles. The number of aryl methyl sites for hydroxylation is 1. The fraction of sp³-hybridized carbons (Fsp3) is 0.250. The number of hydrogen-bond donors (Lipinski definition) is 1. The Kier molecular flexibility index (Phi) is 5.89. The lowest BCUT2D eigenvalue weighted by Crippen LogP contribution is -2.47. The Hall–Kier alpha value is -4.84. The molecule has 0 radical (unpaired) electrons. The van der Waals surface area contributed by atoms with Crippen molar-refractivity contribution in [1.82, 2.24) is 39.0 Å². The Morgan fingerprint density at radius 2 is 1.85 bits per heavy atom. The first kappa shape index (κ1) is 24.2. The van der Waals surface area contributed by atoms with E-state index in [0.717, 1.165) is 61.4 Å². The van der Waals surface area contributed by atoms with Gasteiger partial charge in [-0.25, -0.2) is 14.4 Å². The lowest BCUT2D eigenvalue weighted by molar-refractivity contribution is 0.248. The van der Waals surface area contributed by atoms with Crippen molar-refractivity contribution in [3.05, 3.63) is 72.6 Å². The third-order valence-electron chi connectivity index (χ3n) is 7.40. The number of aromatic nitrogens is 7. The van der Waals surface area contributed by atoms with E-state index >= 15 is 0 Å². The third kappa shape index (κ3) is 4.22. The van der Waals surface area contributed by atoms with Crippen LogP contribution in [0.1, 0.15) is 5.56 Å². The average Bonchev–Trinajstić information content (AvgIpc) is 3.73. The number of pyridine rings is 1. The smallest absolute Gasteiger partial charge is 0.225 e. The van der Waals surface area contributed by atoms with E-state index in [1.807, 2.05) is 31.2 Å². The molecule has 1 aliphatic heterocycles. The number of nitrogens with two attached hydrogens (primary N) is 1. The van der Waals surface area contributed by atoms with E-state index in [2.05, 4.69) is 40.6 Å². The van der Waals surface area contributed by atoms with Gasteiger partial charge in [0.25, 0.3) is 0 Å². The monoisotopic (exact) mass is 538 g/mol. The van der Waals surface area contributed by atoms with Gasteiger partial charge in [-0.15, -0.1) is 5.10 Å². The molecule has 6 aromatic rings. The van der Waals surface area contributed by atoms with Crippen molar-refractivity contribution in [2.75, 3.05) is 43.4 Å². The fourth-order valence-corrected chi connectivity index (χ4v) is 5.35. The maximum absolute atomic E-state index is 14.7. The second kappa shape index (κ2) is 9.72. The van der Waals surface area contributed by atoms with Crippen molar-refractivity contribution in [3.8, 4) is 23.0 Å². The van der Waals surface area contributed by atoms with Gasteiger partial charge in [-0.1, -0.05) is 6.07 Å². The first-order chi connectivity index (χ1) is 19.5. The standard InChI is InChI=1S/C28H27FN10O/c1-18-17-38(25-23(18)26-33-24(21-4-2-3-7-31-21)35-39(26)28(30)34-25)14-11-36-9-12-37(13-10-36)22-16-19(5-6-20(22)29)27-32-8-15-40-27/h2-8,15-17H,9-14H2,1H3,(H2,30,34). The van der Waals surface area contributed by atoms with Crippen LogP contribution in [0.4, 0.5) is 16.0 Å². The molecule has 0 bridgehead atoms. The number of hydrogen-bond acceptors (Lipinski definition) is 9. The molecular formula is C28H27FN10O. The van der Waals surface area contributed by atoms with E-state index in [-0.39, 0.29) is 11.8 Å². The molecule has 1 saturated heterocycles.